The largest absolute Gasteiger partial charge is 0.350 e. The van der Waals surface area contributed by atoms with Crippen molar-refractivity contribution in [3.05, 3.63) is 187 Å². The van der Waals surface area contributed by atoms with Crippen molar-refractivity contribution in [2.45, 2.75) is 12.3 Å². The van der Waals surface area contributed by atoms with Crippen molar-refractivity contribution in [3.63, 3.8) is 0 Å². The minimum absolute atomic E-state index is 0.131. The quantitative estimate of drug-likeness (QED) is 0.189. The molecule has 0 amide bonds. The lowest BCUT2D eigenvalue weighted by Crippen LogP contribution is -2.45. The van der Waals surface area contributed by atoms with Crippen molar-refractivity contribution in [1.29, 1.82) is 0 Å². The summed E-state index contributed by atoms with van der Waals surface area (Å²) >= 11 is 1.76. The zero-order valence-electron chi connectivity index (χ0n) is 26.6. The molecule has 5 heteroatoms. The van der Waals surface area contributed by atoms with Gasteiger partial charge in [0, 0.05) is 16.5 Å². The predicted molar refractivity (Wildman–Crippen MR) is 205 cm³/mol. The number of thiazole rings is 1. The number of benzene rings is 7. The Morgan fingerprint density at radius 1 is 0.490 bits per heavy atom. The molecule has 0 aliphatic carbocycles. The van der Waals surface area contributed by atoms with Gasteiger partial charge in [-0.3, -0.25) is 5.32 Å². The van der Waals surface area contributed by atoms with E-state index in [-0.39, 0.29) is 12.3 Å². The van der Waals surface area contributed by atoms with Crippen LogP contribution in [0.25, 0.3) is 53.8 Å². The van der Waals surface area contributed by atoms with Crippen molar-refractivity contribution >= 4 is 38.2 Å². The zero-order valence-corrected chi connectivity index (χ0v) is 27.4. The first-order chi connectivity index (χ1) is 24.2. The number of fused-ring (bicyclic) bond motifs is 3. The minimum Gasteiger partial charge on any atom is -0.350 e. The number of aromatic nitrogens is 1. The fourth-order valence-electron chi connectivity index (χ4n) is 6.66. The monoisotopic (exact) mass is 648 g/mol. The molecule has 2 unspecified atom stereocenters. The van der Waals surface area contributed by atoms with Gasteiger partial charge in [-0.2, -0.15) is 0 Å². The third-order valence-corrected chi connectivity index (χ3v) is 10.3. The Balaban J connectivity index is 1.07. The van der Waals surface area contributed by atoms with Crippen LogP contribution in [-0.2, 0) is 0 Å². The lowest BCUT2D eigenvalue weighted by molar-refractivity contribution is 0.409. The van der Waals surface area contributed by atoms with E-state index in [1.54, 1.807) is 11.3 Å². The smallest absolute Gasteiger partial charge is 0.131 e. The molecule has 2 N–H and O–H groups in total. The van der Waals surface area contributed by atoms with Gasteiger partial charge in [0.25, 0.3) is 0 Å². The van der Waals surface area contributed by atoms with Crippen LogP contribution in [0.5, 0.6) is 0 Å². The van der Waals surface area contributed by atoms with Gasteiger partial charge in [0.05, 0.1) is 10.2 Å². The van der Waals surface area contributed by atoms with Gasteiger partial charge < -0.3 is 5.32 Å². The highest BCUT2D eigenvalue weighted by atomic mass is 32.1. The zero-order chi connectivity index (χ0) is 32.6. The summed E-state index contributed by atoms with van der Waals surface area (Å²) < 4.78 is 1.22. The van der Waals surface area contributed by atoms with E-state index in [2.05, 4.69) is 168 Å². The molecule has 0 spiro atoms. The van der Waals surface area contributed by atoms with Crippen LogP contribution in [0.2, 0.25) is 0 Å². The molecule has 2 heterocycles. The second kappa shape index (κ2) is 12.6. The third-order valence-electron chi connectivity index (χ3n) is 9.17. The molecule has 2 atom stereocenters. The van der Waals surface area contributed by atoms with Crippen LogP contribution in [-0.4, -0.2) is 10.8 Å². The molecule has 0 bridgehead atoms. The predicted octanol–water partition coefficient (Wildman–Crippen LogP) is 10.8. The maximum Gasteiger partial charge on any atom is 0.131 e. The summed E-state index contributed by atoms with van der Waals surface area (Å²) in [6.07, 6.45) is -0.331. The number of hydrogen-bond acceptors (Lipinski definition) is 5. The standard InChI is InChI=1S/C44H32N4S/c1-4-12-29(13-5-1)32-18-10-20-36(27-32)42-46-41(30-14-6-2-7-15-30)47-43(48-42)37-21-11-19-33(28-37)34-22-24-38-35(26-34)23-25-39-40(38)49-44(45-39)31-16-8-3-9-17-31/h1-28,41-42,46H,(H,47,48). The van der Waals surface area contributed by atoms with E-state index in [0.717, 1.165) is 44.2 Å². The lowest BCUT2D eigenvalue weighted by atomic mass is 9.98. The molecule has 234 valence electrons. The van der Waals surface area contributed by atoms with Crippen LogP contribution >= 0.6 is 11.3 Å². The van der Waals surface area contributed by atoms with Crippen LogP contribution in [0.3, 0.4) is 0 Å². The van der Waals surface area contributed by atoms with E-state index in [0.29, 0.717) is 0 Å². The Morgan fingerprint density at radius 3 is 1.92 bits per heavy atom. The summed E-state index contributed by atoms with van der Waals surface area (Å²) in [5.74, 6) is 0.866. The lowest BCUT2D eigenvalue weighted by Gasteiger charge is -2.32. The second-order valence-electron chi connectivity index (χ2n) is 12.3. The fraction of sp³-hybridized carbons (Fsp3) is 0.0455. The third kappa shape index (κ3) is 5.80. The van der Waals surface area contributed by atoms with Crippen LogP contribution in [0.15, 0.2) is 175 Å². The van der Waals surface area contributed by atoms with Gasteiger partial charge in [0.15, 0.2) is 0 Å². The number of amidine groups is 1. The number of nitrogens with one attached hydrogen (secondary N) is 2. The SMILES string of the molecule is c1ccc(-c2cccc(C3NC(c4cccc(-c5ccc6c(ccc7nc(-c8ccccc8)sc76)c5)c4)=NC(c4ccccc4)N3)c2)cc1. The Kier molecular flexibility index (Phi) is 7.54. The van der Waals surface area contributed by atoms with Crippen molar-refractivity contribution in [3.8, 4) is 32.8 Å². The molecule has 1 aliphatic rings. The highest BCUT2D eigenvalue weighted by molar-refractivity contribution is 7.22. The average molecular weight is 649 g/mol. The minimum atomic E-state index is -0.199. The fourth-order valence-corrected chi connectivity index (χ4v) is 7.76. The highest BCUT2D eigenvalue weighted by Gasteiger charge is 2.26. The molecule has 0 radical (unpaired) electrons. The van der Waals surface area contributed by atoms with E-state index >= 15 is 0 Å². The van der Waals surface area contributed by atoms with Gasteiger partial charge in [-0.15, -0.1) is 11.3 Å². The molecule has 49 heavy (non-hydrogen) atoms. The maximum absolute atomic E-state index is 5.21. The van der Waals surface area contributed by atoms with E-state index in [4.69, 9.17) is 9.98 Å². The van der Waals surface area contributed by atoms with Gasteiger partial charge in [0.2, 0.25) is 0 Å². The Morgan fingerprint density at radius 2 is 1.12 bits per heavy atom. The summed E-state index contributed by atoms with van der Waals surface area (Å²) in [4.78, 5) is 10.2. The van der Waals surface area contributed by atoms with Crippen LogP contribution in [0.4, 0.5) is 0 Å². The second-order valence-corrected chi connectivity index (χ2v) is 13.3. The average Bonchev–Trinajstić information content (AvgIpc) is 3.64. The summed E-state index contributed by atoms with van der Waals surface area (Å²) in [5.41, 5.74) is 10.2. The molecule has 9 rings (SSSR count). The maximum atomic E-state index is 5.21. The van der Waals surface area contributed by atoms with Gasteiger partial charge in [-0.1, -0.05) is 146 Å². The first kappa shape index (κ1) is 29.3. The summed E-state index contributed by atoms with van der Waals surface area (Å²) in [6.45, 7) is 0. The van der Waals surface area contributed by atoms with E-state index in [1.165, 1.54) is 32.2 Å². The summed E-state index contributed by atoms with van der Waals surface area (Å²) in [7, 11) is 0. The number of nitrogens with zero attached hydrogens (tertiary/aromatic N) is 2. The van der Waals surface area contributed by atoms with Gasteiger partial charge >= 0.3 is 0 Å². The molecule has 0 saturated heterocycles. The Hall–Kier alpha value is -5.88. The molecule has 0 saturated carbocycles. The van der Waals surface area contributed by atoms with E-state index in [9.17, 15) is 0 Å². The van der Waals surface area contributed by atoms with Crippen molar-refractivity contribution in [2.24, 2.45) is 4.99 Å². The number of hydrogen-bond donors (Lipinski definition) is 2. The van der Waals surface area contributed by atoms with Crippen molar-refractivity contribution in [1.82, 2.24) is 15.6 Å². The number of rotatable bonds is 6. The molecular weight excluding hydrogens is 617 g/mol. The summed E-state index contributed by atoms with van der Waals surface area (Å²) in [6, 6.07) is 59.9. The van der Waals surface area contributed by atoms with Crippen molar-refractivity contribution < 1.29 is 0 Å². The first-order valence-electron chi connectivity index (χ1n) is 16.6. The first-order valence-corrected chi connectivity index (χ1v) is 17.4. The molecule has 1 aliphatic heterocycles. The van der Waals surface area contributed by atoms with Gasteiger partial charge in [0.1, 0.15) is 23.2 Å². The van der Waals surface area contributed by atoms with E-state index < -0.39 is 0 Å². The highest BCUT2D eigenvalue weighted by Crippen LogP contribution is 2.37. The summed E-state index contributed by atoms with van der Waals surface area (Å²) in [5, 5.41) is 11.0. The number of aliphatic imine (C=N–C) groups is 1. The topological polar surface area (TPSA) is 49.3 Å². The molecular formula is C44H32N4S. The van der Waals surface area contributed by atoms with Crippen LogP contribution in [0.1, 0.15) is 29.0 Å². The molecule has 7 aromatic carbocycles. The molecule has 4 nitrogen and oxygen atoms in total. The Bertz CT molecular complexity index is 2450. The van der Waals surface area contributed by atoms with E-state index in [1.807, 2.05) is 12.1 Å². The van der Waals surface area contributed by atoms with Crippen molar-refractivity contribution in [2.75, 3.05) is 0 Å². The van der Waals surface area contributed by atoms with Gasteiger partial charge in [-0.05, 0) is 63.0 Å². The molecule has 1 aromatic heterocycles. The van der Waals surface area contributed by atoms with Crippen LogP contribution in [0, 0.1) is 0 Å². The van der Waals surface area contributed by atoms with Crippen LogP contribution < -0.4 is 10.6 Å². The van der Waals surface area contributed by atoms with Gasteiger partial charge in [-0.25, -0.2) is 9.98 Å². The molecule has 0 fully saturated rings. The molecule has 8 aromatic rings. The normalized spacial score (nSPS) is 16.0. The Labute approximate surface area is 289 Å².